The molecule has 0 aromatic carbocycles. The first-order valence-electron chi connectivity index (χ1n) is 9.77. The molecule has 1 N–H and O–H groups in total. The highest BCUT2D eigenvalue weighted by Crippen LogP contribution is 2.60. The monoisotopic (exact) mass is 478 g/mol. The van der Waals surface area contributed by atoms with E-state index < -0.39 is 15.8 Å². The molecule has 146 valence electrons. The topological polar surface area (TPSA) is 82.1 Å². The summed E-state index contributed by atoms with van der Waals surface area (Å²) >= 11 is 2.11. The fraction of sp³-hybridized carbons (Fsp3) is 0.895. The van der Waals surface area contributed by atoms with Crippen molar-refractivity contribution in [2.75, 3.05) is 0 Å². The second kappa shape index (κ2) is 6.88. The Balaban J connectivity index is 1.51. The minimum absolute atomic E-state index is 0.0271. The van der Waals surface area contributed by atoms with E-state index in [0.29, 0.717) is 6.42 Å². The molecule has 0 aromatic rings. The van der Waals surface area contributed by atoms with Crippen molar-refractivity contribution in [3.63, 3.8) is 0 Å². The Morgan fingerprint density at radius 1 is 1.38 bits per heavy atom. The van der Waals surface area contributed by atoms with Gasteiger partial charge in [0.1, 0.15) is 15.6 Å². The van der Waals surface area contributed by atoms with Crippen molar-refractivity contribution in [2.24, 2.45) is 23.7 Å². The van der Waals surface area contributed by atoms with Gasteiger partial charge in [-0.1, -0.05) is 42.4 Å². The maximum absolute atomic E-state index is 12.6. The number of halogens is 1. The van der Waals surface area contributed by atoms with Crippen molar-refractivity contribution in [3.05, 3.63) is 0 Å². The average molecular weight is 478 g/mol. The van der Waals surface area contributed by atoms with Crippen LogP contribution in [0, 0.1) is 23.7 Å². The number of esters is 2. The van der Waals surface area contributed by atoms with E-state index in [4.69, 9.17) is 14.2 Å². The molecule has 3 saturated carbocycles. The Hall–Kier alpha value is -0.410. The van der Waals surface area contributed by atoms with Gasteiger partial charge < -0.3 is 19.3 Å². The summed E-state index contributed by atoms with van der Waals surface area (Å²) < 4.78 is 16.7. The van der Waals surface area contributed by atoms with Crippen LogP contribution in [0.3, 0.4) is 0 Å². The number of rotatable bonds is 6. The molecule has 8 unspecified atom stereocenters. The molecule has 1 heterocycles. The van der Waals surface area contributed by atoms with Crippen LogP contribution in [0.5, 0.6) is 0 Å². The average Bonchev–Trinajstić information content (AvgIpc) is 3.33. The summed E-state index contributed by atoms with van der Waals surface area (Å²) in [5.74, 6) is -1.26. The van der Waals surface area contributed by atoms with Gasteiger partial charge in [-0.15, -0.1) is 0 Å². The number of carbonyl (C=O) groups is 2. The molecule has 2 bridgehead atoms. The summed E-state index contributed by atoms with van der Waals surface area (Å²) in [7, 11) is 0. The Morgan fingerprint density at radius 3 is 2.73 bits per heavy atom. The van der Waals surface area contributed by atoms with Crippen molar-refractivity contribution in [1.82, 2.24) is 0 Å². The van der Waals surface area contributed by atoms with E-state index in [1.54, 1.807) is 0 Å². The standard InChI is InChI=1S/C19H27IO6/c1-3-19(2,20)18(23)26-15-11-8-10-13(17(22)25-14(10)15)12(11)16(21)24-9-6-4-5-7-9/h9-16,21H,3-8H2,1-2H3. The van der Waals surface area contributed by atoms with Crippen molar-refractivity contribution in [3.8, 4) is 0 Å². The van der Waals surface area contributed by atoms with E-state index >= 15 is 0 Å². The van der Waals surface area contributed by atoms with Crippen LogP contribution >= 0.6 is 22.6 Å². The van der Waals surface area contributed by atoms with Gasteiger partial charge in [0.25, 0.3) is 0 Å². The molecule has 4 rings (SSSR count). The SMILES string of the molecule is CCC(C)(I)C(=O)OC1C2CC3C1OC(=O)C3C2C(O)OC1CCCC1. The van der Waals surface area contributed by atoms with Crippen LogP contribution in [0.1, 0.15) is 52.4 Å². The summed E-state index contributed by atoms with van der Waals surface area (Å²) in [5.41, 5.74) is 0. The summed E-state index contributed by atoms with van der Waals surface area (Å²) in [6.07, 6.45) is 3.80. The molecule has 8 atom stereocenters. The molecule has 0 aromatic heterocycles. The molecule has 0 spiro atoms. The number of aliphatic hydroxyl groups is 1. The third-order valence-electron chi connectivity index (χ3n) is 6.90. The molecule has 3 aliphatic carbocycles. The molecule has 26 heavy (non-hydrogen) atoms. The van der Waals surface area contributed by atoms with Gasteiger partial charge in [-0.25, -0.2) is 0 Å². The number of alkyl halides is 1. The molecular weight excluding hydrogens is 451 g/mol. The molecule has 1 saturated heterocycles. The van der Waals surface area contributed by atoms with Gasteiger partial charge >= 0.3 is 11.9 Å². The van der Waals surface area contributed by atoms with E-state index in [0.717, 1.165) is 32.1 Å². The Kier molecular flexibility index (Phi) is 5.01. The van der Waals surface area contributed by atoms with Crippen molar-refractivity contribution < 1.29 is 28.9 Å². The lowest BCUT2D eigenvalue weighted by molar-refractivity contribution is -0.195. The predicted molar refractivity (Wildman–Crippen MR) is 100 cm³/mol. The molecule has 7 heteroatoms. The third kappa shape index (κ3) is 2.98. The normalized spacial score (nSPS) is 41.9. The van der Waals surface area contributed by atoms with E-state index in [1.165, 1.54) is 0 Å². The maximum atomic E-state index is 12.6. The van der Waals surface area contributed by atoms with E-state index in [9.17, 15) is 14.7 Å². The maximum Gasteiger partial charge on any atom is 0.322 e. The number of carbonyl (C=O) groups excluding carboxylic acids is 2. The van der Waals surface area contributed by atoms with Crippen molar-refractivity contribution >= 4 is 34.5 Å². The third-order valence-corrected chi connectivity index (χ3v) is 8.11. The van der Waals surface area contributed by atoms with Crippen LogP contribution in [0.15, 0.2) is 0 Å². The first-order valence-corrected chi connectivity index (χ1v) is 10.9. The van der Waals surface area contributed by atoms with Gasteiger partial charge in [0.2, 0.25) is 0 Å². The minimum Gasteiger partial charge on any atom is -0.458 e. The van der Waals surface area contributed by atoms with Crippen LogP contribution in [-0.2, 0) is 23.8 Å². The predicted octanol–water partition coefficient (Wildman–Crippen LogP) is 2.59. The highest BCUT2D eigenvalue weighted by molar-refractivity contribution is 14.1. The van der Waals surface area contributed by atoms with Gasteiger partial charge in [-0.3, -0.25) is 9.59 Å². The van der Waals surface area contributed by atoms with Crippen molar-refractivity contribution in [2.45, 2.75) is 80.4 Å². The lowest BCUT2D eigenvalue weighted by Gasteiger charge is -2.35. The van der Waals surface area contributed by atoms with Gasteiger partial charge in [0.05, 0.1) is 12.0 Å². The highest BCUT2D eigenvalue weighted by atomic mass is 127. The number of fused-ring (bicyclic) bond motifs is 1. The number of aliphatic hydroxyl groups excluding tert-OH is 1. The molecule has 6 nitrogen and oxygen atoms in total. The van der Waals surface area contributed by atoms with Gasteiger partial charge in [0, 0.05) is 17.8 Å². The van der Waals surface area contributed by atoms with Gasteiger partial charge in [-0.05, 0) is 32.6 Å². The van der Waals surface area contributed by atoms with E-state index in [-0.39, 0.29) is 47.8 Å². The summed E-state index contributed by atoms with van der Waals surface area (Å²) in [5, 5.41) is 10.8. The second-order valence-electron chi connectivity index (χ2n) is 8.42. The Morgan fingerprint density at radius 2 is 2.08 bits per heavy atom. The van der Waals surface area contributed by atoms with Crippen LogP contribution in [0.4, 0.5) is 0 Å². The molecule has 0 radical (unpaired) electrons. The quantitative estimate of drug-likeness (QED) is 0.274. The van der Waals surface area contributed by atoms with Gasteiger partial charge in [-0.2, -0.15) is 0 Å². The molecule has 4 fully saturated rings. The molecule has 0 amide bonds. The van der Waals surface area contributed by atoms with Crippen LogP contribution in [-0.4, -0.2) is 45.1 Å². The number of hydrogen-bond acceptors (Lipinski definition) is 6. The molecule has 4 aliphatic rings. The highest BCUT2D eigenvalue weighted by Gasteiger charge is 2.69. The number of hydrogen-bond donors (Lipinski definition) is 1. The van der Waals surface area contributed by atoms with E-state index in [2.05, 4.69) is 22.6 Å². The summed E-state index contributed by atoms with van der Waals surface area (Å²) in [6, 6.07) is 0. The van der Waals surface area contributed by atoms with Crippen LogP contribution < -0.4 is 0 Å². The Labute approximate surface area is 167 Å². The van der Waals surface area contributed by atoms with Crippen LogP contribution in [0.25, 0.3) is 0 Å². The fourth-order valence-electron chi connectivity index (χ4n) is 5.29. The summed E-state index contributed by atoms with van der Waals surface area (Å²) in [4.78, 5) is 25.0. The Bertz CT molecular complexity index is 587. The zero-order valence-corrected chi connectivity index (χ0v) is 17.4. The molecule has 1 aliphatic heterocycles. The summed E-state index contributed by atoms with van der Waals surface area (Å²) in [6.45, 7) is 3.80. The largest absolute Gasteiger partial charge is 0.458 e. The lowest BCUT2D eigenvalue weighted by atomic mass is 9.78. The number of ether oxygens (including phenoxy) is 3. The van der Waals surface area contributed by atoms with Gasteiger partial charge in [0.15, 0.2) is 6.29 Å². The lowest BCUT2D eigenvalue weighted by Crippen LogP contribution is -2.47. The first kappa shape index (κ1) is 18.9. The zero-order valence-electron chi connectivity index (χ0n) is 15.2. The smallest absolute Gasteiger partial charge is 0.322 e. The second-order valence-corrected chi connectivity index (χ2v) is 10.8. The van der Waals surface area contributed by atoms with Crippen LogP contribution in [0.2, 0.25) is 0 Å². The van der Waals surface area contributed by atoms with Crippen molar-refractivity contribution in [1.29, 1.82) is 0 Å². The fourth-order valence-corrected chi connectivity index (χ4v) is 5.42. The first-order chi connectivity index (χ1) is 12.3. The van der Waals surface area contributed by atoms with E-state index in [1.807, 2.05) is 13.8 Å². The molecular formula is C19H27IO6. The minimum atomic E-state index is -0.997. The zero-order chi connectivity index (χ0) is 18.6.